The summed E-state index contributed by atoms with van der Waals surface area (Å²) in [5.74, 6) is -2.55. The fraction of sp³-hybridized carbons (Fsp3) is 0.222. The smallest absolute Gasteiger partial charge is 0.407 e. The molecule has 1 unspecified atom stereocenters. The lowest BCUT2D eigenvalue weighted by Crippen LogP contribution is -2.36. The van der Waals surface area contributed by atoms with E-state index in [2.05, 4.69) is 22.8 Å². The van der Waals surface area contributed by atoms with E-state index in [0.717, 1.165) is 22.3 Å². The first kappa shape index (κ1) is 23.8. The summed E-state index contributed by atoms with van der Waals surface area (Å²) in [6, 6.07) is 19.7. The largest absolute Gasteiger partial charge is 0.506 e. The highest BCUT2D eigenvalue weighted by Gasteiger charge is 2.29. The Labute approximate surface area is 202 Å². The Hall–Kier alpha value is -4.33. The molecule has 0 aliphatic heterocycles. The zero-order valence-corrected chi connectivity index (χ0v) is 19.2. The SMILES string of the molecule is CCC(CNC(=O)OCC1c2ccccc2-c2ccccc21)C(=O)Nc1cc(C(=O)O)ccc1O. The molecule has 1 aliphatic rings. The minimum absolute atomic E-state index is 0.00510. The molecule has 8 heteroatoms. The number of carboxylic acids is 1. The van der Waals surface area contributed by atoms with E-state index in [1.165, 1.54) is 18.2 Å². The maximum Gasteiger partial charge on any atom is 0.407 e. The van der Waals surface area contributed by atoms with Crippen molar-refractivity contribution in [2.75, 3.05) is 18.5 Å². The number of nitrogens with one attached hydrogen (secondary N) is 2. The van der Waals surface area contributed by atoms with Crippen LogP contribution in [-0.2, 0) is 9.53 Å². The number of carbonyl (C=O) groups excluding carboxylic acids is 2. The lowest BCUT2D eigenvalue weighted by molar-refractivity contribution is -0.119. The zero-order chi connectivity index (χ0) is 24.9. The predicted octanol–water partition coefficient (Wildman–Crippen LogP) is 4.59. The molecule has 0 heterocycles. The maximum atomic E-state index is 12.7. The number of ether oxygens (including phenoxy) is 1. The standard InChI is InChI=1S/C27H26N2O6/c1-2-16(25(31)29-23-13-17(26(32)33)11-12-24(23)30)14-28-27(34)35-15-22-20-9-5-3-7-18(20)19-8-4-6-10-21(19)22/h3-13,16,22,30H,2,14-15H2,1H3,(H,28,34)(H,29,31)(H,32,33). The Morgan fingerprint density at radius 2 is 1.60 bits per heavy atom. The Balaban J connectivity index is 1.34. The van der Waals surface area contributed by atoms with Crippen LogP contribution < -0.4 is 10.6 Å². The van der Waals surface area contributed by atoms with Gasteiger partial charge in [-0.1, -0.05) is 55.5 Å². The van der Waals surface area contributed by atoms with Crippen molar-refractivity contribution in [3.05, 3.63) is 83.4 Å². The van der Waals surface area contributed by atoms with E-state index >= 15 is 0 Å². The molecule has 0 saturated carbocycles. The third-order valence-corrected chi connectivity index (χ3v) is 6.20. The van der Waals surface area contributed by atoms with Crippen LogP contribution >= 0.6 is 0 Å². The number of rotatable bonds is 8. The molecule has 0 bridgehead atoms. The van der Waals surface area contributed by atoms with Gasteiger partial charge in [0.1, 0.15) is 12.4 Å². The number of phenols is 1. The Morgan fingerprint density at radius 1 is 0.971 bits per heavy atom. The summed E-state index contributed by atoms with van der Waals surface area (Å²) in [5, 5.41) is 24.2. The number of hydrogen-bond acceptors (Lipinski definition) is 5. The molecular formula is C27H26N2O6. The molecule has 0 spiro atoms. The number of carboxylic acid groups (broad SMARTS) is 1. The molecule has 4 N–H and O–H groups in total. The second kappa shape index (κ2) is 10.3. The molecule has 180 valence electrons. The zero-order valence-electron chi connectivity index (χ0n) is 19.2. The molecule has 0 saturated heterocycles. The van der Waals surface area contributed by atoms with Gasteiger partial charge in [-0.05, 0) is 46.9 Å². The number of aromatic carboxylic acids is 1. The van der Waals surface area contributed by atoms with Crippen molar-refractivity contribution >= 4 is 23.7 Å². The first-order valence-electron chi connectivity index (χ1n) is 11.3. The molecule has 1 aliphatic carbocycles. The van der Waals surface area contributed by atoms with E-state index < -0.39 is 23.9 Å². The summed E-state index contributed by atoms with van der Waals surface area (Å²) in [6.07, 6.45) is -0.219. The molecule has 4 rings (SSSR count). The van der Waals surface area contributed by atoms with Gasteiger partial charge in [-0.2, -0.15) is 0 Å². The summed E-state index contributed by atoms with van der Waals surface area (Å²) in [4.78, 5) is 36.3. The quantitative estimate of drug-likeness (QED) is 0.354. The third kappa shape index (κ3) is 5.11. The normalized spacial score (nSPS) is 12.8. The predicted molar refractivity (Wildman–Crippen MR) is 131 cm³/mol. The van der Waals surface area contributed by atoms with Crippen LogP contribution in [0.5, 0.6) is 5.75 Å². The van der Waals surface area contributed by atoms with E-state index in [-0.39, 0.29) is 36.1 Å². The highest BCUT2D eigenvalue weighted by atomic mass is 16.5. The second-order valence-corrected chi connectivity index (χ2v) is 8.34. The molecule has 1 atom stereocenters. The molecule has 0 aromatic heterocycles. The molecule has 3 aromatic carbocycles. The van der Waals surface area contributed by atoms with Crippen molar-refractivity contribution in [3.8, 4) is 16.9 Å². The number of anilines is 1. The van der Waals surface area contributed by atoms with Crippen molar-refractivity contribution in [1.29, 1.82) is 0 Å². The van der Waals surface area contributed by atoms with E-state index in [1.54, 1.807) is 6.92 Å². The third-order valence-electron chi connectivity index (χ3n) is 6.20. The van der Waals surface area contributed by atoms with Gasteiger partial charge in [-0.3, -0.25) is 4.79 Å². The van der Waals surface area contributed by atoms with Gasteiger partial charge in [0, 0.05) is 12.5 Å². The lowest BCUT2D eigenvalue weighted by atomic mass is 9.98. The number of carbonyl (C=O) groups is 3. The molecule has 2 amide bonds. The minimum Gasteiger partial charge on any atom is -0.506 e. The van der Waals surface area contributed by atoms with Crippen LogP contribution in [0, 0.1) is 5.92 Å². The summed E-state index contributed by atoms with van der Waals surface area (Å²) in [5.41, 5.74) is 4.41. The van der Waals surface area contributed by atoms with Crippen molar-refractivity contribution < 1.29 is 29.3 Å². The first-order valence-corrected chi connectivity index (χ1v) is 11.3. The number of fused-ring (bicyclic) bond motifs is 3. The number of benzene rings is 3. The summed E-state index contributed by atoms with van der Waals surface area (Å²) in [6.45, 7) is 1.98. The fourth-order valence-corrected chi connectivity index (χ4v) is 4.28. The summed E-state index contributed by atoms with van der Waals surface area (Å²) in [7, 11) is 0. The van der Waals surface area contributed by atoms with Crippen molar-refractivity contribution in [2.45, 2.75) is 19.3 Å². The molecule has 0 fully saturated rings. The Bertz CT molecular complexity index is 1230. The average Bonchev–Trinajstić information content (AvgIpc) is 3.18. The molecule has 0 radical (unpaired) electrons. The fourth-order valence-electron chi connectivity index (χ4n) is 4.28. The van der Waals surface area contributed by atoms with Gasteiger partial charge >= 0.3 is 12.1 Å². The monoisotopic (exact) mass is 474 g/mol. The first-order chi connectivity index (χ1) is 16.9. The highest BCUT2D eigenvalue weighted by Crippen LogP contribution is 2.44. The van der Waals surface area contributed by atoms with Crippen LogP contribution in [0.3, 0.4) is 0 Å². The van der Waals surface area contributed by atoms with Crippen LogP contribution in [0.15, 0.2) is 66.7 Å². The molecule has 8 nitrogen and oxygen atoms in total. The maximum absolute atomic E-state index is 12.7. The van der Waals surface area contributed by atoms with E-state index in [0.29, 0.717) is 6.42 Å². The van der Waals surface area contributed by atoms with Gasteiger partial charge in [0.15, 0.2) is 0 Å². The van der Waals surface area contributed by atoms with Crippen LogP contribution in [0.4, 0.5) is 10.5 Å². The van der Waals surface area contributed by atoms with E-state index in [4.69, 9.17) is 9.84 Å². The van der Waals surface area contributed by atoms with Gasteiger partial charge in [0.2, 0.25) is 5.91 Å². The van der Waals surface area contributed by atoms with Crippen LogP contribution in [0.25, 0.3) is 11.1 Å². The minimum atomic E-state index is -1.18. The highest BCUT2D eigenvalue weighted by molar-refractivity contribution is 5.96. The number of aromatic hydroxyl groups is 1. The number of phenolic OH excluding ortho intramolecular Hbond substituents is 1. The second-order valence-electron chi connectivity index (χ2n) is 8.34. The molecular weight excluding hydrogens is 448 g/mol. The van der Waals surface area contributed by atoms with Crippen LogP contribution in [0.2, 0.25) is 0 Å². The van der Waals surface area contributed by atoms with Crippen molar-refractivity contribution in [1.82, 2.24) is 5.32 Å². The number of amides is 2. The Morgan fingerprint density at radius 3 is 2.20 bits per heavy atom. The van der Waals surface area contributed by atoms with E-state index in [1.807, 2.05) is 36.4 Å². The van der Waals surface area contributed by atoms with Crippen molar-refractivity contribution in [2.24, 2.45) is 5.92 Å². The van der Waals surface area contributed by atoms with Gasteiger partial charge in [-0.15, -0.1) is 0 Å². The topological polar surface area (TPSA) is 125 Å². The van der Waals surface area contributed by atoms with Gasteiger partial charge < -0.3 is 25.6 Å². The van der Waals surface area contributed by atoms with Crippen molar-refractivity contribution in [3.63, 3.8) is 0 Å². The van der Waals surface area contributed by atoms with Gasteiger partial charge in [0.05, 0.1) is 17.2 Å². The molecule has 3 aromatic rings. The van der Waals surface area contributed by atoms with Crippen LogP contribution in [0.1, 0.15) is 40.7 Å². The van der Waals surface area contributed by atoms with Crippen LogP contribution in [-0.4, -0.2) is 41.3 Å². The Kier molecular flexibility index (Phi) is 7.01. The summed E-state index contributed by atoms with van der Waals surface area (Å²) < 4.78 is 5.51. The number of alkyl carbamates (subject to hydrolysis) is 1. The average molecular weight is 475 g/mol. The number of hydrogen-bond donors (Lipinski definition) is 4. The molecule has 35 heavy (non-hydrogen) atoms. The summed E-state index contributed by atoms with van der Waals surface area (Å²) >= 11 is 0. The van der Waals surface area contributed by atoms with E-state index in [9.17, 15) is 19.5 Å². The van der Waals surface area contributed by atoms with Gasteiger partial charge in [-0.25, -0.2) is 9.59 Å². The van der Waals surface area contributed by atoms with Gasteiger partial charge in [0.25, 0.3) is 0 Å². The lowest BCUT2D eigenvalue weighted by Gasteiger charge is -2.18.